The maximum Gasteiger partial charge on any atom is 0.257 e. The minimum Gasteiger partial charge on any atom is -0.378 e. The number of nitrogens with zero attached hydrogens (tertiary/aromatic N) is 5. The van der Waals surface area contributed by atoms with Crippen molar-refractivity contribution in [3.63, 3.8) is 0 Å². The average molecular weight is 325 g/mol. The Morgan fingerprint density at radius 1 is 1.12 bits per heavy atom. The van der Waals surface area contributed by atoms with Crippen molar-refractivity contribution in [2.75, 3.05) is 44.3 Å². The van der Waals surface area contributed by atoms with E-state index in [2.05, 4.69) is 33.4 Å². The Kier molecular flexibility index (Phi) is 4.05. The van der Waals surface area contributed by atoms with E-state index in [0.29, 0.717) is 18.3 Å². The van der Waals surface area contributed by atoms with E-state index in [1.807, 2.05) is 12.1 Å². The highest BCUT2D eigenvalue weighted by Crippen LogP contribution is 2.28. The number of hydrogen-bond donors (Lipinski definition) is 0. The van der Waals surface area contributed by atoms with Gasteiger partial charge in [-0.05, 0) is 30.7 Å². The molecule has 124 valence electrons. The second-order valence-corrected chi connectivity index (χ2v) is 6.14. The summed E-state index contributed by atoms with van der Waals surface area (Å²) < 4.78 is 10.8. The highest BCUT2D eigenvalue weighted by molar-refractivity contribution is 5.59. The van der Waals surface area contributed by atoms with Gasteiger partial charge in [0.05, 0.1) is 13.2 Å². The third-order valence-corrected chi connectivity index (χ3v) is 4.63. The molecule has 1 atom stereocenters. The maximum atomic E-state index is 8.95. The molecule has 0 saturated carbocycles. The monoisotopic (exact) mass is 325 g/mol. The summed E-state index contributed by atoms with van der Waals surface area (Å²) in [5, 5.41) is 13.1. The number of rotatable bonds is 3. The predicted molar refractivity (Wildman–Crippen MR) is 87.3 cm³/mol. The van der Waals surface area contributed by atoms with Gasteiger partial charge in [-0.25, -0.2) is 0 Å². The van der Waals surface area contributed by atoms with E-state index < -0.39 is 0 Å². The zero-order valence-corrected chi connectivity index (χ0v) is 13.4. The van der Waals surface area contributed by atoms with Crippen molar-refractivity contribution in [2.45, 2.75) is 12.3 Å². The highest BCUT2D eigenvalue weighted by atomic mass is 16.5. The van der Waals surface area contributed by atoms with Crippen LogP contribution in [0, 0.1) is 11.5 Å². The van der Waals surface area contributed by atoms with E-state index in [1.165, 1.54) is 5.69 Å². The summed E-state index contributed by atoms with van der Waals surface area (Å²) in [7, 11) is 0. The highest BCUT2D eigenvalue weighted by Gasteiger charge is 2.27. The van der Waals surface area contributed by atoms with Gasteiger partial charge >= 0.3 is 0 Å². The first kappa shape index (κ1) is 15.0. The number of aromatic nitrogens is 2. The van der Waals surface area contributed by atoms with E-state index in [-0.39, 0.29) is 5.92 Å². The summed E-state index contributed by atoms with van der Waals surface area (Å²) >= 11 is 0. The fraction of sp³-hybridized carbons (Fsp3) is 0.471. The fourth-order valence-corrected chi connectivity index (χ4v) is 3.22. The van der Waals surface area contributed by atoms with Crippen molar-refractivity contribution < 1.29 is 9.26 Å². The van der Waals surface area contributed by atoms with Crippen molar-refractivity contribution in [2.24, 2.45) is 0 Å². The van der Waals surface area contributed by atoms with E-state index in [1.54, 1.807) is 4.90 Å². The summed E-state index contributed by atoms with van der Waals surface area (Å²) in [6.07, 6.45) is 3.06. The van der Waals surface area contributed by atoms with E-state index in [0.717, 1.165) is 44.8 Å². The van der Waals surface area contributed by atoms with Crippen molar-refractivity contribution in [1.82, 2.24) is 15.0 Å². The van der Waals surface area contributed by atoms with Crippen molar-refractivity contribution in [3.8, 4) is 17.6 Å². The van der Waals surface area contributed by atoms with Gasteiger partial charge in [-0.1, -0.05) is 5.16 Å². The molecule has 1 aromatic heterocycles. The van der Waals surface area contributed by atoms with Crippen LogP contribution in [0.25, 0.3) is 11.5 Å². The lowest BCUT2D eigenvalue weighted by molar-refractivity contribution is 0.122. The SMILES string of the molecule is N#CN1CCC(c2noc(-c3ccc(N4CCOCC4)cc3)n2)C1. The van der Waals surface area contributed by atoms with Gasteiger partial charge in [-0.3, -0.25) is 0 Å². The molecule has 0 radical (unpaired) electrons. The number of likely N-dealkylation sites (tertiary alicyclic amines) is 1. The summed E-state index contributed by atoms with van der Waals surface area (Å²) in [5.74, 6) is 1.41. The molecule has 0 aliphatic carbocycles. The summed E-state index contributed by atoms with van der Waals surface area (Å²) in [4.78, 5) is 8.57. The Bertz CT molecular complexity index is 730. The Morgan fingerprint density at radius 2 is 1.92 bits per heavy atom. The molecule has 4 rings (SSSR count). The third-order valence-electron chi connectivity index (χ3n) is 4.63. The van der Waals surface area contributed by atoms with Crippen LogP contribution in [0.15, 0.2) is 28.8 Å². The standard InChI is InChI=1S/C17H19N5O2/c18-12-21-6-5-14(11-21)16-19-17(24-20-16)13-1-3-15(4-2-13)22-7-9-23-10-8-22/h1-4,14H,5-11H2. The Morgan fingerprint density at radius 3 is 2.62 bits per heavy atom. The first-order valence-electron chi connectivity index (χ1n) is 8.25. The van der Waals surface area contributed by atoms with Crippen molar-refractivity contribution >= 4 is 5.69 Å². The van der Waals surface area contributed by atoms with Crippen LogP contribution in [0.1, 0.15) is 18.2 Å². The maximum absolute atomic E-state index is 8.95. The van der Waals surface area contributed by atoms with E-state index >= 15 is 0 Å². The molecular formula is C17H19N5O2. The fourth-order valence-electron chi connectivity index (χ4n) is 3.22. The summed E-state index contributed by atoms with van der Waals surface area (Å²) in [5.41, 5.74) is 2.10. The molecule has 2 aromatic rings. The normalized spacial score (nSPS) is 21.0. The molecule has 2 aliphatic rings. The van der Waals surface area contributed by atoms with Gasteiger partial charge in [0, 0.05) is 43.3 Å². The van der Waals surface area contributed by atoms with Gasteiger partial charge in [0.2, 0.25) is 0 Å². The van der Waals surface area contributed by atoms with Gasteiger partial charge < -0.3 is 19.1 Å². The third kappa shape index (κ3) is 2.93. The first-order chi connectivity index (χ1) is 11.8. The topological polar surface area (TPSA) is 78.4 Å². The molecule has 2 fully saturated rings. The molecular weight excluding hydrogens is 306 g/mol. The molecule has 2 saturated heterocycles. The molecule has 1 unspecified atom stereocenters. The van der Waals surface area contributed by atoms with E-state index in [4.69, 9.17) is 14.5 Å². The minimum atomic E-state index is 0.176. The van der Waals surface area contributed by atoms with Crippen LogP contribution in [0.2, 0.25) is 0 Å². The lowest BCUT2D eigenvalue weighted by atomic mass is 10.1. The zero-order valence-electron chi connectivity index (χ0n) is 13.4. The largest absolute Gasteiger partial charge is 0.378 e. The second kappa shape index (κ2) is 6.49. The van der Waals surface area contributed by atoms with Crippen LogP contribution in [-0.2, 0) is 4.74 Å². The lowest BCUT2D eigenvalue weighted by Gasteiger charge is -2.28. The van der Waals surface area contributed by atoms with Crippen molar-refractivity contribution in [1.29, 1.82) is 5.26 Å². The first-order valence-corrected chi connectivity index (χ1v) is 8.25. The summed E-state index contributed by atoms with van der Waals surface area (Å²) in [6, 6.07) is 8.19. The van der Waals surface area contributed by atoms with Crippen molar-refractivity contribution in [3.05, 3.63) is 30.1 Å². The number of benzene rings is 1. The van der Waals surface area contributed by atoms with Gasteiger partial charge in [0.15, 0.2) is 12.0 Å². The molecule has 24 heavy (non-hydrogen) atoms. The predicted octanol–water partition coefficient (Wildman–Crippen LogP) is 1.84. The molecule has 7 heteroatoms. The number of morpholine rings is 1. The van der Waals surface area contributed by atoms with Gasteiger partial charge in [0.25, 0.3) is 5.89 Å². The van der Waals surface area contributed by atoms with Crippen LogP contribution in [0.5, 0.6) is 0 Å². The molecule has 1 aromatic carbocycles. The number of anilines is 1. The lowest BCUT2D eigenvalue weighted by Crippen LogP contribution is -2.36. The minimum absolute atomic E-state index is 0.176. The quantitative estimate of drug-likeness (QED) is 0.797. The summed E-state index contributed by atoms with van der Waals surface area (Å²) in [6.45, 7) is 4.82. The van der Waals surface area contributed by atoms with Crippen LogP contribution in [0.4, 0.5) is 5.69 Å². The van der Waals surface area contributed by atoms with E-state index in [9.17, 15) is 0 Å². The Hall–Kier alpha value is -2.59. The molecule has 0 amide bonds. The second-order valence-electron chi connectivity index (χ2n) is 6.14. The van der Waals surface area contributed by atoms with Gasteiger partial charge in [-0.15, -0.1) is 0 Å². The van der Waals surface area contributed by atoms with Gasteiger partial charge in [-0.2, -0.15) is 10.2 Å². The Balaban J connectivity index is 1.47. The molecule has 2 aliphatic heterocycles. The Labute approximate surface area is 140 Å². The molecule has 0 spiro atoms. The van der Waals surface area contributed by atoms with Gasteiger partial charge in [0.1, 0.15) is 0 Å². The molecule has 3 heterocycles. The number of ether oxygens (including phenoxy) is 1. The van der Waals surface area contributed by atoms with Crippen LogP contribution in [-0.4, -0.2) is 54.4 Å². The van der Waals surface area contributed by atoms with Crippen LogP contribution < -0.4 is 4.90 Å². The molecule has 7 nitrogen and oxygen atoms in total. The average Bonchev–Trinajstić information content (AvgIpc) is 3.32. The zero-order chi connectivity index (χ0) is 16.4. The molecule has 0 bridgehead atoms. The number of hydrogen-bond acceptors (Lipinski definition) is 7. The number of nitriles is 1. The van der Waals surface area contributed by atoms with Crippen LogP contribution >= 0.6 is 0 Å². The van der Waals surface area contributed by atoms with Crippen LogP contribution in [0.3, 0.4) is 0 Å². The molecule has 0 N–H and O–H groups in total. The smallest absolute Gasteiger partial charge is 0.257 e.